The van der Waals surface area contributed by atoms with E-state index in [1.165, 1.54) is 0 Å². The lowest BCUT2D eigenvalue weighted by Gasteiger charge is -2.09. The van der Waals surface area contributed by atoms with Crippen molar-refractivity contribution in [1.29, 1.82) is 0 Å². The molecule has 0 spiro atoms. The maximum atomic E-state index is 9.26. The fourth-order valence-corrected chi connectivity index (χ4v) is 1.87. The molecule has 1 aromatic heterocycles. The minimum Gasteiger partial charge on any atom is -0.496 e. The molecule has 1 N–H and O–H groups in total. The second kappa shape index (κ2) is 4.97. The largest absolute Gasteiger partial charge is 0.496 e. The molecule has 2 rings (SSSR count). The first-order chi connectivity index (χ1) is 8.26. The van der Waals surface area contributed by atoms with Crippen molar-refractivity contribution >= 4 is 0 Å². The van der Waals surface area contributed by atoms with Crippen molar-refractivity contribution in [3.63, 3.8) is 0 Å². The molecule has 0 bridgehead atoms. The smallest absolute Gasteiger partial charge is 0.121 e. The van der Waals surface area contributed by atoms with E-state index in [0.29, 0.717) is 5.69 Å². The third-order valence-electron chi connectivity index (χ3n) is 2.75. The number of aliphatic hydroxyl groups is 1. The number of benzene rings is 1. The summed E-state index contributed by atoms with van der Waals surface area (Å²) in [7, 11) is 1.66. The van der Waals surface area contributed by atoms with Crippen LogP contribution in [0.5, 0.6) is 5.75 Å². The molecular formula is C14H15NO2. The van der Waals surface area contributed by atoms with Crippen molar-refractivity contribution in [2.75, 3.05) is 7.11 Å². The maximum absolute atomic E-state index is 9.26. The highest BCUT2D eigenvalue weighted by molar-refractivity contribution is 5.67. The molecule has 0 saturated heterocycles. The summed E-state index contributed by atoms with van der Waals surface area (Å²) in [5.74, 6) is 0.864. The first-order valence-electron chi connectivity index (χ1n) is 5.46. The minimum atomic E-state index is -0.0543. The molecule has 1 aromatic carbocycles. The van der Waals surface area contributed by atoms with Gasteiger partial charge in [-0.05, 0) is 36.2 Å². The van der Waals surface area contributed by atoms with E-state index in [2.05, 4.69) is 4.98 Å². The van der Waals surface area contributed by atoms with E-state index in [1.807, 2.05) is 37.3 Å². The second-order valence-corrected chi connectivity index (χ2v) is 3.84. The Labute approximate surface area is 101 Å². The predicted octanol–water partition coefficient (Wildman–Crippen LogP) is 2.56. The summed E-state index contributed by atoms with van der Waals surface area (Å²) >= 11 is 0. The fraction of sp³-hybridized carbons (Fsp3) is 0.214. The average molecular weight is 229 g/mol. The lowest BCUT2D eigenvalue weighted by molar-refractivity contribution is 0.277. The van der Waals surface area contributed by atoms with Crippen LogP contribution in [0.4, 0.5) is 0 Å². The highest BCUT2D eigenvalue weighted by Gasteiger charge is 2.06. The number of rotatable bonds is 3. The second-order valence-electron chi connectivity index (χ2n) is 3.84. The van der Waals surface area contributed by atoms with Gasteiger partial charge in [0.05, 0.1) is 19.4 Å². The molecule has 88 valence electrons. The molecule has 0 saturated carbocycles. The Balaban J connectivity index is 2.49. The molecule has 3 nitrogen and oxygen atoms in total. The molecule has 17 heavy (non-hydrogen) atoms. The molecule has 2 aromatic rings. The first kappa shape index (κ1) is 11.6. The highest BCUT2D eigenvalue weighted by atomic mass is 16.5. The van der Waals surface area contributed by atoms with Crippen molar-refractivity contribution in [1.82, 2.24) is 4.98 Å². The van der Waals surface area contributed by atoms with Crippen LogP contribution in [0.1, 0.15) is 11.3 Å². The number of methoxy groups -OCH3 is 1. The molecular weight excluding hydrogens is 214 g/mol. The van der Waals surface area contributed by atoms with Crippen molar-refractivity contribution in [3.05, 3.63) is 47.8 Å². The zero-order valence-corrected chi connectivity index (χ0v) is 9.97. The summed E-state index contributed by atoms with van der Waals surface area (Å²) in [6.45, 7) is 1.94. The molecule has 0 fully saturated rings. The number of ether oxygens (including phenoxy) is 1. The van der Waals surface area contributed by atoms with Crippen molar-refractivity contribution in [2.45, 2.75) is 13.5 Å². The summed E-state index contributed by atoms with van der Waals surface area (Å²) in [6, 6.07) is 9.77. The fourth-order valence-electron chi connectivity index (χ4n) is 1.87. The monoisotopic (exact) mass is 229 g/mol. The summed E-state index contributed by atoms with van der Waals surface area (Å²) in [5.41, 5.74) is 3.76. The van der Waals surface area contributed by atoms with Crippen LogP contribution in [0.2, 0.25) is 0 Å². The Kier molecular flexibility index (Phi) is 3.40. The van der Waals surface area contributed by atoms with Gasteiger partial charge in [0.2, 0.25) is 0 Å². The highest BCUT2D eigenvalue weighted by Crippen LogP contribution is 2.27. The molecule has 3 heteroatoms. The summed E-state index contributed by atoms with van der Waals surface area (Å²) in [5, 5.41) is 9.26. The van der Waals surface area contributed by atoms with Gasteiger partial charge in [0, 0.05) is 11.8 Å². The van der Waals surface area contributed by atoms with Gasteiger partial charge in [-0.15, -0.1) is 0 Å². The summed E-state index contributed by atoms with van der Waals surface area (Å²) < 4.78 is 5.23. The Morgan fingerprint density at radius 1 is 1.29 bits per heavy atom. The average Bonchev–Trinajstić information content (AvgIpc) is 2.38. The Hall–Kier alpha value is -1.87. The van der Waals surface area contributed by atoms with Crippen LogP contribution in [0.3, 0.4) is 0 Å². The normalized spacial score (nSPS) is 10.3. The van der Waals surface area contributed by atoms with E-state index in [0.717, 1.165) is 22.4 Å². The molecule has 0 aliphatic carbocycles. The van der Waals surface area contributed by atoms with Crippen LogP contribution in [-0.2, 0) is 6.61 Å². The first-order valence-corrected chi connectivity index (χ1v) is 5.46. The van der Waals surface area contributed by atoms with Crippen LogP contribution in [0.25, 0.3) is 11.1 Å². The number of nitrogens with zero attached hydrogens (tertiary/aromatic N) is 1. The number of pyridine rings is 1. The van der Waals surface area contributed by atoms with Crippen LogP contribution < -0.4 is 4.74 Å². The molecule has 0 amide bonds. The Bertz CT molecular complexity index is 523. The van der Waals surface area contributed by atoms with Crippen LogP contribution in [0.15, 0.2) is 36.5 Å². The minimum absolute atomic E-state index is 0.0543. The van der Waals surface area contributed by atoms with Crippen LogP contribution in [-0.4, -0.2) is 17.2 Å². The third-order valence-corrected chi connectivity index (χ3v) is 2.75. The Morgan fingerprint density at radius 3 is 2.76 bits per heavy atom. The van der Waals surface area contributed by atoms with Gasteiger partial charge >= 0.3 is 0 Å². The van der Waals surface area contributed by atoms with E-state index < -0.39 is 0 Å². The molecule has 0 aliphatic heterocycles. The third kappa shape index (κ3) is 2.29. The van der Waals surface area contributed by atoms with Crippen molar-refractivity contribution in [3.8, 4) is 16.9 Å². The van der Waals surface area contributed by atoms with E-state index in [1.54, 1.807) is 13.3 Å². The van der Waals surface area contributed by atoms with Gasteiger partial charge in [-0.25, -0.2) is 0 Å². The van der Waals surface area contributed by atoms with Gasteiger partial charge in [-0.1, -0.05) is 12.1 Å². The Morgan fingerprint density at radius 2 is 2.12 bits per heavy atom. The van der Waals surface area contributed by atoms with Gasteiger partial charge in [0.25, 0.3) is 0 Å². The van der Waals surface area contributed by atoms with E-state index in [9.17, 15) is 5.11 Å². The lowest BCUT2D eigenvalue weighted by Crippen LogP contribution is -1.94. The van der Waals surface area contributed by atoms with E-state index >= 15 is 0 Å². The standard InChI is InChI=1S/C14H15NO2/c1-10-8-11(5-6-14(10)17-2)12-4-3-7-15-13(12)9-16/h3-8,16H,9H2,1-2H3. The lowest BCUT2D eigenvalue weighted by atomic mass is 10.0. The molecule has 0 aliphatic rings. The van der Waals surface area contributed by atoms with Crippen molar-refractivity contribution in [2.24, 2.45) is 0 Å². The number of aromatic nitrogens is 1. The topological polar surface area (TPSA) is 42.4 Å². The van der Waals surface area contributed by atoms with E-state index in [-0.39, 0.29) is 6.61 Å². The number of hydrogen-bond donors (Lipinski definition) is 1. The molecule has 1 heterocycles. The summed E-state index contributed by atoms with van der Waals surface area (Å²) in [6.07, 6.45) is 1.69. The predicted molar refractivity (Wildman–Crippen MR) is 66.9 cm³/mol. The van der Waals surface area contributed by atoms with Crippen LogP contribution >= 0.6 is 0 Å². The van der Waals surface area contributed by atoms with Crippen molar-refractivity contribution < 1.29 is 9.84 Å². The van der Waals surface area contributed by atoms with Gasteiger partial charge in [0.15, 0.2) is 0 Å². The zero-order valence-electron chi connectivity index (χ0n) is 9.97. The van der Waals surface area contributed by atoms with E-state index in [4.69, 9.17) is 4.74 Å². The molecule has 0 radical (unpaired) electrons. The number of hydrogen-bond acceptors (Lipinski definition) is 3. The number of aryl methyl sites for hydroxylation is 1. The van der Waals surface area contributed by atoms with Crippen LogP contribution in [0, 0.1) is 6.92 Å². The maximum Gasteiger partial charge on any atom is 0.121 e. The van der Waals surface area contributed by atoms with Gasteiger partial charge in [0.1, 0.15) is 5.75 Å². The number of aliphatic hydroxyl groups excluding tert-OH is 1. The SMILES string of the molecule is COc1ccc(-c2cccnc2CO)cc1C. The summed E-state index contributed by atoms with van der Waals surface area (Å²) in [4.78, 5) is 4.16. The van der Waals surface area contributed by atoms with Gasteiger partial charge in [-0.2, -0.15) is 0 Å². The molecule has 0 unspecified atom stereocenters. The van der Waals surface area contributed by atoms with Gasteiger partial charge < -0.3 is 9.84 Å². The zero-order chi connectivity index (χ0) is 12.3. The van der Waals surface area contributed by atoms with Gasteiger partial charge in [-0.3, -0.25) is 4.98 Å². The quantitative estimate of drug-likeness (QED) is 0.879. The molecule has 0 atom stereocenters.